The molecule has 0 bridgehead atoms. The molecule has 0 saturated carbocycles. The smallest absolute Gasteiger partial charge is 0.275 e. The summed E-state index contributed by atoms with van der Waals surface area (Å²) < 4.78 is 0. The van der Waals surface area contributed by atoms with Crippen LogP contribution in [0.5, 0.6) is 0 Å². The lowest BCUT2D eigenvalue weighted by atomic mass is 10.1. The lowest BCUT2D eigenvalue weighted by molar-refractivity contribution is -0.119. The highest BCUT2D eigenvalue weighted by Gasteiger charge is 2.20. The van der Waals surface area contributed by atoms with Crippen molar-refractivity contribution in [3.63, 3.8) is 0 Å². The highest BCUT2D eigenvalue weighted by Crippen LogP contribution is 2.28. The molecule has 1 aromatic carbocycles. The van der Waals surface area contributed by atoms with E-state index in [1.165, 1.54) is 11.3 Å². The van der Waals surface area contributed by atoms with Crippen LogP contribution in [0.25, 0.3) is 9.88 Å². The van der Waals surface area contributed by atoms with Gasteiger partial charge in [0.15, 0.2) is 0 Å². The molecule has 1 aliphatic rings. The van der Waals surface area contributed by atoms with Gasteiger partial charge in [-0.15, -0.1) is 22.7 Å². The molecule has 4 rings (SSSR count). The third kappa shape index (κ3) is 3.54. The SMILES string of the molecule is O=C(Nc1cccc(N2CCCCC2=O)c1)c1csc(-c2cccs2)n1. The Labute approximate surface area is 159 Å². The predicted octanol–water partition coefficient (Wildman–Crippen LogP) is 4.64. The number of thiazole rings is 1. The third-order valence-corrected chi connectivity index (χ3v) is 6.09. The zero-order valence-electron chi connectivity index (χ0n) is 14.0. The average Bonchev–Trinajstić information content (AvgIpc) is 3.34. The fourth-order valence-electron chi connectivity index (χ4n) is 2.92. The van der Waals surface area contributed by atoms with E-state index in [0.717, 1.165) is 35.0 Å². The molecule has 0 unspecified atom stereocenters. The van der Waals surface area contributed by atoms with E-state index in [1.54, 1.807) is 21.6 Å². The molecule has 1 N–H and O–H groups in total. The van der Waals surface area contributed by atoms with Gasteiger partial charge in [0.05, 0.1) is 4.88 Å². The molecule has 2 amide bonds. The Bertz CT molecular complexity index is 934. The summed E-state index contributed by atoms with van der Waals surface area (Å²) in [5, 5.41) is 7.48. The third-order valence-electron chi connectivity index (χ3n) is 4.21. The molecule has 0 radical (unpaired) electrons. The van der Waals surface area contributed by atoms with Crippen LogP contribution in [0, 0.1) is 0 Å². The number of rotatable bonds is 4. The minimum atomic E-state index is -0.244. The van der Waals surface area contributed by atoms with E-state index < -0.39 is 0 Å². The van der Waals surface area contributed by atoms with Crippen LogP contribution in [0.15, 0.2) is 47.2 Å². The van der Waals surface area contributed by atoms with Crippen LogP contribution in [-0.2, 0) is 4.79 Å². The van der Waals surface area contributed by atoms with Gasteiger partial charge in [0.2, 0.25) is 5.91 Å². The summed E-state index contributed by atoms with van der Waals surface area (Å²) in [7, 11) is 0. The number of aromatic nitrogens is 1. The van der Waals surface area contributed by atoms with Gasteiger partial charge in [0.25, 0.3) is 5.91 Å². The lowest BCUT2D eigenvalue weighted by Gasteiger charge is -2.27. The van der Waals surface area contributed by atoms with Crippen LogP contribution >= 0.6 is 22.7 Å². The first-order valence-corrected chi connectivity index (χ1v) is 10.2. The molecule has 5 nitrogen and oxygen atoms in total. The maximum Gasteiger partial charge on any atom is 0.275 e. The van der Waals surface area contributed by atoms with E-state index in [4.69, 9.17) is 0 Å². The van der Waals surface area contributed by atoms with Gasteiger partial charge in [-0.2, -0.15) is 0 Å². The van der Waals surface area contributed by atoms with Gasteiger partial charge >= 0.3 is 0 Å². The van der Waals surface area contributed by atoms with Gasteiger partial charge in [-0.3, -0.25) is 9.59 Å². The quantitative estimate of drug-likeness (QED) is 0.714. The van der Waals surface area contributed by atoms with E-state index in [2.05, 4.69) is 10.3 Å². The normalized spacial score (nSPS) is 14.5. The van der Waals surface area contributed by atoms with Crippen LogP contribution in [0.1, 0.15) is 29.8 Å². The van der Waals surface area contributed by atoms with Crippen molar-refractivity contribution >= 4 is 45.9 Å². The van der Waals surface area contributed by atoms with E-state index in [1.807, 2.05) is 41.8 Å². The Kier molecular flexibility index (Phi) is 4.81. The summed E-state index contributed by atoms with van der Waals surface area (Å²) >= 11 is 3.06. The highest BCUT2D eigenvalue weighted by molar-refractivity contribution is 7.20. The average molecular weight is 383 g/mol. The highest BCUT2D eigenvalue weighted by atomic mass is 32.1. The minimum absolute atomic E-state index is 0.139. The molecule has 0 spiro atoms. The lowest BCUT2D eigenvalue weighted by Crippen LogP contribution is -2.35. The van der Waals surface area contributed by atoms with E-state index in [-0.39, 0.29) is 11.8 Å². The Morgan fingerprint density at radius 2 is 2.08 bits per heavy atom. The zero-order chi connectivity index (χ0) is 17.9. The van der Waals surface area contributed by atoms with Gasteiger partial charge < -0.3 is 10.2 Å². The molecule has 26 heavy (non-hydrogen) atoms. The van der Waals surface area contributed by atoms with Crippen molar-refractivity contribution < 1.29 is 9.59 Å². The van der Waals surface area contributed by atoms with Gasteiger partial charge in [-0.05, 0) is 42.5 Å². The molecule has 0 atom stereocenters. The topological polar surface area (TPSA) is 62.3 Å². The van der Waals surface area contributed by atoms with Gasteiger partial charge in [0, 0.05) is 29.7 Å². The summed E-state index contributed by atoms with van der Waals surface area (Å²) in [6.45, 7) is 0.729. The van der Waals surface area contributed by atoms with Crippen molar-refractivity contribution in [3.8, 4) is 9.88 Å². The molecule has 1 aliphatic heterocycles. The van der Waals surface area contributed by atoms with Crippen LogP contribution < -0.4 is 10.2 Å². The Balaban J connectivity index is 1.49. The number of nitrogens with zero attached hydrogens (tertiary/aromatic N) is 2. The number of thiophene rings is 1. The second-order valence-electron chi connectivity index (χ2n) is 6.02. The maximum atomic E-state index is 12.5. The van der Waals surface area contributed by atoms with Crippen molar-refractivity contribution in [2.45, 2.75) is 19.3 Å². The summed E-state index contributed by atoms with van der Waals surface area (Å²) in [6, 6.07) is 11.4. The van der Waals surface area contributed by atoms with Crippen molar-refractivity contribution in [1.82, 2.24) is 4.98 Å². The van der Waals surface area contributed by atoms with Crippen LogP contribution in [0.4, 0.5) is 11.4 Å². The van der Waals surface area contributed by atoms with Crippen molar-refractivity contribution in [2.24, 2.45) is 0 Å². The van der Waals surface area contributed by atoms with E-state index >= 15 is 0 Å². The van der Waals surface area contributed by atoms with Crippen molar-refractivity contribution in [2.75, 3.05) is 16.8 Å². The zero-order valence-corrected chi connectivity index (χ0v) is 15.6. The van der Waals surface area contributed by atoms with Crippen LogP contribution in [0.3, 0.4) is 0 Å². The number of hydrogen-bond donors (Lipinski definition) is 1. The second-order valence-corrected chi connectivity index (χ2v) is 7.83. The van der Waals surface area contributed by atoms with E-state index in [0.29, 0.717) is 17.8 Å². The van der Waals surface area contributed by atoms with Gasteiger partial charge in [0.1, 0.15) is 10.7 Å². The number of piperidine rings is 1. The number of benzene rings is 1. The van der Waals surface area contributed by atoms with Gasteiger partial charge in [-0.1, -0.05) is 12.1 Å². The molecular weight excluding hydrogens is 366 g/mol. The molecule has 1 fully saturated rings. The number of nitrogens with one attached hydrogen (secondary N) is 1. The molecule has 132 valence electrons. The maximum absolute atomic E-state index is 12.5. The first kappa shape index (κ1) is 16.9. The van der Waals surface area contributed by atoms with Crippen LogP contribution in [0.2, 0.25) is 0 Å². The first-order valence-electron chi connectivity index (χ1n) is 8.42. The fraction of sp³-hybridized carbons (Fsp3) is 0.211. The number of amides is 2. The van der Waals surface area contributed by atoms with Gasteiger partial charge in [-0.25, -0.2) is 4.98 Å². The predicted molar refractivity (Wildman–Crippen MR) is 106 cm³/mol. The standard InChI is InChI=1S/C19H17N3O2S2/c23-17-8-1-2-9-22(17)14-6-3-5-13(11-14)20-18(24)15-12-26-19(21-15)16-7-4-10-25-16/h3-7,10-12H,1-2,8-9H2,(H,20,24). The number of hydrogen-bond acceptors (Lipinski definition) is 5. The molecular formula is C19H17N3O2S2. The Hall–Kier alpha value is -2.51. The monoisotopic (exact) mass is 383 g/mol. The first-order chi connectivity index (χ1) is 12.7. The fourth-order valence-corrected chi connectivity index (χ4v) is 4.53. The summed E-state index contributed by atoms with van der Waals surface area (Å²) in [4.78, 5) is 31.9. The molecule has 3 heterocycles. The van der Waals surface area contributed by atoms with Crippen molar-refractivity contribution in [1.29, 1.82) is 0 Å². The van der Waals surface area contributed by atoms with Crippen LogP contribution in [-0.4, -0.2) is 23.3 Å². The summed E-state index contributed by atoms with van der Waals surface area (Å²) in [5.41, 5.74) is 1.89. The number of carbonyl (C=O) groups excluding carboxylic acids is 2. The minimum Gasteiger partial charge on any atom is -0.321 e. The number of carbonyl (C=O) groups is 2. The Morgan fingerprint density at radius 1 is 1.15 bits per heavy atom. The molecule has 7 heteroatoms. The number of anilines is 2. The molecule has 3 aromatic rings. The van der Waals surface area contributed by atoms with Crippen molar-refractivity contribution in [3.05, 3.63) is 52.9 Å². The molecule has 0 aliphatic carbocycles. The molecule has 2 aromatic heterocycles. The molecule has 1 saturated heterocycles. The summed E-state index contributed by atoms with van der Waals surface area (Å²) in [6.07, 6.45) is 2.54. The summed E-state index contributed by atoms with van der Waals surface area (Å²) in [5.74, 6) is -0.106. The second kappa shape index (κ2) is 7.39. The largest absolute Gasteiger partial charge is 0.321 e. The van der Waals surface area contributed by atoms with E-state index in [9.17, 15) is 9.59 Å². The Morgan fingerprint density at radius 3 is 2.88 bits per heavy atom.